The second-order valence-corrected chi connectivity index (χ2v) is 8.80. The Labute approximate surface area is 178 Å². The molecule has 3 amide bonds. The van der Waals surface area contributed by atoms with Gasteiger partial charge in [0.2, 0.25) is 5.91 Å². The van der Waals surface area contributed by atoms with Crippen LogP contribution in [-0.4, -0.2) is 36.5 Å². The number of anilines is 1. The zero-order valence-electron chi connectivity index (χ0n) is 17.7. The third-order valence-electron chi connectivity index (χ3n) is 6.65. The Morgan fingerprint density at radius 1 is 1.07 bits per heavy atom. The predicted octanol–water partition coefficient (Wildman–Crippen LogP) is 4.48. The molecule has 158 valence electrons. The van der Waals surface area contributed by atoms with E-state index < -0.39 is 0 Å². The van der Waals surface area contributed by atoms with Gasteiger partial charge in [0.15, 0.2) is 0 Å². The van der Waals surface area contributed by atoms with Crippen LogP contribution in [0.25, 0.3) is 0 Å². The van der Waals surface area contributed by atoms with Gasteiger partial charge >= 0.3 is 6.03 Å². The van der Waals surface area contributed by atoms with Crippen LogP contribution in [0.4, 0.5) is 10.5 Å². The maximum Gasteiger partial charge on any atom is 0.321 e. The maximum atomic E-state index is 12.9. The first-order valence-corrected chi connectivity index (χ1v) is 11.0. The first-order chi connectivity index (χ1) is 14.6. The topological polar surface area (TPSA) is 61.4 Å². The van der Waals surface area contributed by atoms with E-state index in [9.17, 15) is 9.59 Å². The minimum atomic E-state index is -0.144. The van der Waals surface area contributed by atoms with Gasteiger partial charge in [-0.05, 0) is 55.9 Å². The molecule has 2 N–H and O–H groups in total. The highest BCUT2D eigenvalue weighted by atomic mass is 16.2. The molecule has 1 saturated heterocycles. The number of likely N-dealkylation sites (tertiary alicyclic amines) is 1. The summed E-state index contributed by atoms with van der Waals surface area (Å²) in [6.07, 6.45) is 5.13. The summed E-state index contributed by atoms with van der Waals surface area (Å²) in [6, 6.07) is 18.2. The third kappa shape index (κ3) is 4.50. The average molecular weight is 406 g/mol. The van der Waals surface area contributed by atoms with Crippen molar-refractivity contribution in [3.05, 3.63) is 65.7 Å². The van der Waals surface area contributed by atoms with E-state index in [0.717, 1.165) is 36.9 Å². The van der Waals surface area contributed by atoms with Gasteiger partial charge in [0.25, 0.3) is 0 Å². The van der Waals surface area contributed by atoms with E-state index in [0.29, 0.717) is 19.6 Å². The Morgan fingerprint density at radius 2 is 1.87 bits per heavy atom. The third-order valence-corrected chi connectivity index (χ3v) is 6.65. The first-order valence-electron chi connectivity index (χ1n) is 11.0. The number of carbonyl (C=O) groups excluding carboxylic acids is 2. The molecule has 0 aromatic heterocycles. The van der Waals surface area contributed by atoms with E-state index in [1.54, 1.807) is 4.90 Å². The first kappa shape index (κ1) is 20.5. The number of hydrogen-bond acceptors (Lipinski definition) is 2. The Balaban J connectivity index is 1.33. The summed E-state index contributed by atoms with van der Waals surface area (Å²) in [5.74, 6) is -0.0693. The fourth-order valence-electron chi connectivity index (χ4n) is 4.66. The minimum Gasteiger partial charge on any atom is -0.355 e. The van der Waals surface area contributed by atoms with Crippen LogP contribution in [0.1, 0.15) is 43.2 Å². The molecule has 1 atom stereocenters. The van der Waals surface area contributed by atoms with Crippen LogP contribution in [0.15, 0.2) is 54.6 Å². The molecule has 4 rings (SSSR count). The number of nitrogens with one attached hydrogen (secondary N) is 2. The molecule has 1 aliphatic heterocycles. The number of nitrogens with zero attached hydrogens (tertiary/aromatic N) is 1. The van der Waals surface area contributed by atoms with Gasteiger partial charge in [0.1, 0.15) is 0 Å². The molecule has 0 radical (unpaired) electrons. The lowest BCUT2D eigenvalue weighted by Gasteiger charge is -2.43. The standard InChI is InChI=1S/C25H31N3O2/c1-19-8-5-12-22(16-19)27-24(30)28-15-6-9-20(17-28)23(29)26-18-25(13-7-14-25)21-10-3-2-4-11-21/h2-5,8,10-12,16,20H,6-7,9,13-15,17-18H2,1H3,(H,26,29)(H,27,30). The van der Waals surface area contributed by atoms with E-state index in [4.69, 9.17) is 0 Å². The fraction of sp³-hybridized carbons (Fsp3) is 0.440. The maximum absolute atomic E-state index is 12.9. The molecule has 1 saturated carbocycles. The Morgan fingerprint density at radius 3 is 2.57 bits per heavy atom. The van der Waals surface area contributed by atoms with Crippen molar-refractivity contribution < 1.29 is 9.59 Å². The predicted molar refractivity (Wildman–Crippen MR) is 119 cm³/mol. The highest BCUT2D eigenvalue weighted by Gasteiger charge is 2.39. The van der Waals surface area contributed by atoms with Gasteiger partial charge in [-0.15, -0.1) is 0 Å². The second-order valence-electron chi connectivity index (χ2n) is 8.80. The molecule has 2 fully saturated rings. The SMILES string of the molecule is Cc1cccc(NC(=O)N2CCCC(C(=O)NCC3(c4ccccc4)CCC3)C2)c1. The lowest BCUT2D eigenvalue weighted by atomic mass is 9.64. The van der Waals surface area contributed by atoms with E-state index in [1.165, 1.54) is 12.0 Å². The summed E-state index contributed by atoms with van der Waals surface area (Å²) in [4.78, 5) is 27.4. The van der Waals surface area contributed by atoms with Crippen LogP contribution in [0.3, 0.4) is 0 Å². The lowest BCUT2D eigenvalue weighted by molar-refractivity contribution is -0.126. The van der Waals surface area contributed by atoms with Crippen molar-refractivity contribution in [3.8, 4) is 0 Å². The highest BCUT2D eigenvalue weighted by Crippen LogP contribution is 2.43. The zero-order chi connectivity index (χ0) is 21.0. The van der Waals surface area contributed by atoms with Crippen LogP contribution in [0, 0.1) is 12.8 Å². The average Bonchev–Trinajstić information content (AvgIpc) is 2.74. The van der Waals surface area contributed by atoms with Gasteiger partial charge < -0.3 is 15.5 Å². The second kappa shape index (κ2) is 8.90. The zero-order valence-corrected chi connectivity index (χ0v) is 17.7. The molecule has 5 nitrogen and oxygen atoms in total. The summed E-state index contributed by atoms with van der Waals surface area (Å²) in [5, 5.41) is 6.18. The molecular weight excluding hydrogens is 374 g/mol. The highest BCUT2D eigenvalue weighted by molar-refractivity contribution is 5.90. The Bertz CT molecular complexity index is 892. The number of rotatable bonds is 5. The van der Waals surface area contributed by atoms with Gasteiger partial charge in [0, 0.05) is 30.7 Å². The van der Waals surface area contributed by atoms with E-state index in [-0.39, 0.29) is 23.3 Å². The molecule has 2 aromatic carbocycles. The molecule has 0 spiro atoms. The van der Waals surface area contributed by atoms with Gasteiger partial charge in [-0.1, -0.05) is 48.9 Å². The van der Waals surface area contributed by atoms with Crippen molar-refractivity contribution in [2.24, 2.45) is 5.92 Å². The van der Waals surface area contributed by atoms with Crippen molar-refractivity contribution in [2.75, 3.05) is 25.0 Å². The Hall–Kier alpha value is -2.82. The number of benzene rings is 2. The van der Waals surface area contributed by atoms with E-state index in [2.05, 4.69) is 34.9 Å². The van der Waals surface area contributed by atoms with Gasteiger partial charge in [-0.25, -0.2) is 4.79 Å². The van der Waals surface area contributed by atoms with Gasteiger partial charge in [0.05, 0.1) is 5.92 Å². The van der Waals surface area contributed by atoms with E-state index >= 15 is 0 Å². The normalized spacial score (nSPS) is 20.2. The number of urea groups is 1. The largest absolute Gasteiger partial charge is 0.355 e. The molecular formula is C25H31N3O2. The molecule has 2 aromatic rings. The summed E-state index contributed by atoms with van der Waals surface area (Å²) in [6.45, 7) is 3.85. The fourth-order valence-corrected chi connectivity index (χ4v) is 4.66. The molecule has 1 heterocycles. The van der Waals surface area contributed by atoms with Crippen molar-refractivity contribution in [3.63, 3.8) is 0 Å². The van der Waals surface area contributed by atoms with Crippen LogP contribution >= 0.6 is 0 Å². The van der Waals surface area contributed by atoms with Crippen LogP contribution < -0.4 is 10.6 Å². The lowest BCUT2D eigenvalue weighted by Crippen LogP contribution is -2.50. The molecule has 2 aliphatic rings. The summed E-state index contributed by atoms with van der Waals surface area (Å²) in [5.41, 5.74) is 3.29. The smallest absolute Gasteiger partial charge is 0.321 e. The number of piperidine rings is 1. The molecule has 1 unspecified atom stereocenters. The van der Waals surface area contributed by atoms with Crippen molar-refractivity contribution >= 4 is 17.6 Å². The van der Waals surface area contributed by atoms with Crippen LogP contribution in [0.2, 0.25) is 0 Å². The summed E-state index contributed by atoms with van der Waals surface area (Å²) >= 11 is 0. The number of hydrogen-bond donors (Lipinski definition) is 2. The number of aryl methyl sites for hydroxylation is 1. The molecule has 0 bridgehead atoms. The Kier molecular flexibility index (Phi) is 6.07. The monoisotopic (exact) mass is 405 g/mol. The van der Waals surface area contributed by atoms with Crippen molar-refractivity contribution in [2.45, 2.75) is 44.4 Å². The molecule has 1 aliphatic carbocycles. The quantitative estimate of drug-likeness (QED) is 0.771. The summed E-state index contributed by atoms with van der Waals surface area (Å²) < 4.78 is 0. The van der Waals surface area contributed by atoms with Crippen LogP contribution in [-0.2, 0) is 10.2 Å². The van der Waals surface area contributed by atoms with E-state index in [1.807, 2.05) is 37.3 Å². The van der Waals surface area contributed by atoms with Gasteiger partial charge in [-0.3, -0.25) is 4.79 Å². The minimum absolute atomic E-state index is 0.0743. The number of carbonyl (C=O) groups is 2. The van der Waals surface area contributed by atoms with Crippen molar-refractivity contribution in [1.82, 2.24) is 10.2 Å². The molecule has 30 heavy (non-hydrogen) atoms. The molecule has 5 heteroatoms. The van der Waals surface area contributed by atoms with Crippen molar-refractivity contribution in [1.29, 1.82) is 0 Å². The van der Waals surface area contributed by atoms with Gasteiger partial charge in [-0.2, -0.15) is 0 Å². The van der Waals surface area contributed by atoms with Crippen LogP contribution in [0.5, 0.6) is 0 Å². The summed E-state index contributed by atoms with van der Waals surface area (Å²) in [7, 11) is 0. The number of amides is 3.